The SMILES string of the molecule is COc1cc(/C=N\NC(=O)CN(c2ccc(C)c(C)c2)S(C)(=O)=O)cc(Br)c1OCc1ccc(Cl)cc1Cl. The van der Waals surface area contributed by atoms with E-state index in [1.165, 1.54) is 13.3 Å². The van der Waals surface area contributed by atoms with Crippen LogP contribution < -0.4 is 19.2 Å². The van der Waals surface area contributed by atoms with Gasteiger partial charge in [-0.1, -0.05) is 35.3 Å². The number of rotatable bonds is 10. The van der Waals surface area contributed by atoms with Crippen molar-refractivity contribution < 1.29 is 22.7 Å². The minimum absolute atomic E-state index is 0.186. The number of methoxy groups -OCH3 is 1. The number of hydrogen-bond donors (Lipinski definition) is 1. The second kappa shape index (κ2) is 12.8. The van der Waals surface area contributed by atoms with E-state index in [1.807, 2.05) is 19.9 Å². The largest absolute Gasteiger partial charge is 0.493 e. The van der Waals surface area contributed by atoms with Gasteiger partial charge >= 0.3 is 0 Å². The lowest BCUT2D eigenvalue weighted by Gasteiger charge is -2.22. The Morgan fingerprint density at radius 1 is 1.11 bits per heavy atom. The fourth-order valence-corrected chi connectivity index (χ4v) is 5.25. The Morgan fingerprint density at radius 3 is 2.47 bits per heavy atom. The molecule has 0 saturated heterocycles. The van der Waals surface area contributed by atoms with Gasteiger partial charge in [-0.15, -0.1) is 0 Å². The molecule has 0 bridgehead atoms. The number of carbonyl (C=O) groups excluding carboxylic acids is 1. The summed E-state index contributed by atoms with van der Waals surface area (Å²) in [6, 6.07) is 13.7. The summed E-state index contributed by atoms with van der Waals surface area (Å²) < 4.78 is 37.7. The minimum Gasteiger partial charge on any atom is -0.493 e. The Morgan fingerprint density at radius 2 is 1.84 bits per heavy atom. The summed E-state index contributed by atoms with van der Waals surface area (Å²) >= 11 is 15.6. The average Bonchev–Trinajstić information content (AvgIpc) is 2.83. The van der Waals surface area contributed by atoms with Crippen molar-refractivity contribution in [1.29, 1.82) is 0 Å². The van der Waals surface area contributed by atoms with E-state index in [0.29, 0.717) is 37.3 Å². The van der Waals surface area contributed by atoms with Gasteiger partial charge in [0.05, 0.1) is 29.7 Å². The highest BCUT2D eigenvalue weighted by Crippen LogP contribution is 2.37. The van der Waals surface area contributed by atoms with Crippen LogP contribution in [0.1, 0.15) is 22.3 Å². The number of nitrogens with zero attached hydrogens (tertiary/aromatic N) is 2. The zero-order valence-corrected chi connectivity index (χ0v) is 25.0. The predicted octanol–water partition coefficient (Wildman–Crippen LogP) is 5.88. The van der Waals surface area contributed by atoms with Crippen molar-refractivity contribution in [2.45, 2.75) is 20.5 Å². The van der Waals surface area contributed by atoms with Gasteiger partial charge in [0.2, 0.25) is 10.0 Å². The Hall–Kier alpha value is -2.79. The number of anilines is 1. The molecule has 38 heavy (non-hydrogen) atoms. The topological polar surface area (TPSA) is 97.3 Å². The first kappa shape index (κ1) is 29.8. The molecule has 0 aliphatic heterocycles. The number of halogens is 3. The first-order valence-electron chi connectivity index (χ1n) is 11.2. The highest BCUT2D eigenvalue weighted by molar-refractivity contribution is 9.10. The lowest BCUT2D eigenvalue weighted by molar-refractivity contribution is -0.119. The van der Waals surface area contributed by atoms with Crippen molar-refractivity contribution in [1.82, 2.24) is 5.43 Å². The Kier molecular flexibility index (Phi) is 10.1. The van der Waals surface area contributed by atoms with Gasteiger partial charge in [0.1, 0.15) is 13.2 Å². The van der Waals surface area contributed by atoms with Crippen LogP contribution in [0, 0.1) is 13.8 Å². The van der Waals surface area contributed by atoms with E-state index in [1.54, 1.807) is 42.5 Å². The molecule has 0 atom stereocenters. The van der Waals surface area contributed by atoms with Gasteiger partial charge in [0.25, 0.3) is 5.91 Å². The van der Waals surface area contributed by atoms with Crippen molar-refractivity contribution in [2.24, 2.45) is 5.10 Å². The summed E-state index contributed by atoms with van der Waals surface area (Å²) in [7, 11) is -2.20. The molecule has 0 aliphatic carbocycles. The van der Waals surface area contributed by atoms with Gasteiger partial charge in [-0.25, -0.2) is 13.8 Å². The van der Waals surface area contributed by atoms with Crippen molar-refractivity contribution in [3.05, 3.63) is 85.3 Å². The normalized spacial score (nSPS) is 11.4. The maximum Gasteiger partial charge on any atom is 0.260 e. The fraction of sp³-hybridized carbons (Fsp3) is 0.231. The van der Waals surface area contributed by atoms with E-state index in [2.05, 4.69) is 26.5 Å². The van der Waals surface area contributed by atoms with E-state index < -0.39 is 22.5 Å². The zero-order chi connectivity index (χ0) is 28.0. The number of hydrogen-bond acceptors (Lipinski definition) is 6. The van der Waals surface area contributed by atoms with Gasteiger partial charge in [-0.3, -0.25) is 9.10 Å². The lowest BCUT2D eigenvalue weighted by Crippen LogP contribution is -2.39. The van der Waals surface area contributed by atoms with Crippen molar-refractivity contribution >= 4 is 67.0 Å². The molecule has 0 aromatic heterocycles. The number of aryl methyl sites for hydroxylation is 2. The number of carbonyl (C=O) groups is 1. The molecule has 0 aliphatic rings. The molecule has 202 valence electrons. The molecule has 12 heteroatoms. The van der Waals surface area contributed by atoms with Crippen LogP contribution in [-0.2, 0) is 21.4 Å². The van der Waals surface area contributed by atoms with Crippen LogP contribution in [-0.4, -0.2) is 40.4 Å². The van der Waals surface area contributed by atoms with Crippen LogP contribution >= 0.6 is 39.1 Å². The summed E-state index contributed by atoms with van der Waals surface area (Å²) in [5.74, 6) is 0.280. The third-order valence-electron chi connectivity index (χ3n) is 5.51. The second-order valence-electron chi connectivity index (χ2n) is 8.39. The number of nitrogens with one attached hydrogen (secondary N) is 1. The van der Waals surface area contributed by atoms with Crippen LogP contribution in [0.5, 0.6) is 11.5 Å². The average molecular weight is 643 g/mol. The highest BCUT2D eigenvalue weighted by Gasteiger charge is 2.21. The molecule has 0 saturated carbocycles. The molecule has 0 heterocycles. The molecule has 0 fully saturated rings. The Bertz CT molecular complexity index is 1480. The molecule has 3 rings (SSSR count). The number of amides is 1. The third kappa shape index (κ3) is 7.86. The number of ether oxygens (including phenoxy) is 2. The minimum atomic E-state index is -3.70. The standard InChI is InChI=1S/C26H26BrCl2N3O5S/c1-16-5-8-21(9-17(16)2)32(38(4,34)35)14-25(33)31-30-13-18-10-22(27)26(24(11-18)36-3)37-15-19-6-7-20(28)12-23(19)29/h5-13H,14-15H2,1-4H3,(H,31,33)/b30-13-. The van der Waals surface area contributed by atoms with E-state index in [-0.39, 0.29) is 6.61 Å². The summed E-state index contributed by atoms with van der Waals surface area (Å²) in [5.41, 5.74) is 6.05. The number of benzene rings is 3. The molecule has 1 N–H and O–H groups in total. The first-order valence-corrected chi connectivity index (χ1v) is 14.6. The summed E-state index contributed by atoms with van der Waals surface area (Å²) in [5, 5.41) is 4.98. The van der Waals surface area contributed by atoms with E-state index in [4.69, 9.17) is 32.7 Å². The summed E-state index contributed by atoms with van der Waals surface area (Å²) in [6.45, 7) is 3.56. The summed E-state index contributed by atoms with van der Waals surface area (Å²) in [6.07, 6.45) is 2.46. The zero-order valence-electron chi connectivity index (χ0n) is 21.1. The smallest absolute Gasteiger partial charge is 0.260 e. The molecule has 3 aromatic rings. The first-order chi connectivity index (χ1) is 17.9. The van der Waals surface area contributed by atoms with Gasteiger partial charge in [0, 0.05) is 15.6 Å². The van der Waals surface area contributed by atoms with Crippen LogP contribution in [0.4, 0.5) is 5.69 Å². The molecule has 1 amide bonds. The molecular weight excluding hydrogens is 617 g/mol. The van der Waals surface area contributed by atoms with Gasteiger partial charge < -0.3 is 9.47 Å². The molecule has 8 nitrogen and oxygen atoms in total. The molecular formula is C26H26BrCl2N3O5S. The summed E-state index contributed by atoms with van der Waals surface area (Å²) in [4.78, 5) is 12.5. The van der Waals surface area contributed by atoms with Crippen LogP contribution in [0.2, 0.25) is 10.0 Å². The van der Waals surface area contributed by atoms with Gasteiger partial charge in [-0.2, -0.15) is 5.10 Å². The van der Waals surface area contributed by atoms with Crippen LogP contribution in [0.15, 0.2) is 58.1 Å². The van der Waals surface area contributed by atoms with Crippen molar-refractivity contribution in [3.63, 3.8) is 0 Å². The third-order valence-corrected chi connectivity index (χ3v) is 7.82. The lowest BCUT2D eigenvalue weighted by atomic mass is 10.1. The van der Waals surface area contributed by atoms with Crippen molar-refractivity contribution in [3.8, 4) is 11.5 Å². The Balaban J connectivity index is 1.70. The predicted molar refractivity (Wildman–Crippen MR) is 155 cm³/mol. The van der Waals surface area contributed by atoms with Gasteiger partial charge in [-0.05, 0) is 82.9 Å². The fourth-order valence-electron chi connectivity index (χ4n) is 3.37. The van der Waals surface area contributed by atoms with E-state index in [9.17, 15) is 13.2 Å². The van der Waals surface area contributed by atoms with E-state index in [0.717, 1.165) is 27.3 Å². The molecule has 3 aromatic carbocycles. The van der Waals surface area contributed by atoms with Crippen molar-refractivity contribution in [2.75, 3.05) is 24.2 Å². The number of sulfonamides is 1. The monoisotopic (exact) mass is 641 g/mol. The maximum atomic E-state index is 12.5. The molecule has 0 unspecified atom stereocenters. The Labute approximate surface area is 240 Å². The molecule has 0 radical (unpaired) electrons. The van der Waals surface area contributed by atoms with Gasteiger partial charge in [0.15, 0.2) is 11.5 Å². The molecule has 0 spiro atoms. The quantitative estimate of drug-likeness (QED) is 0.220. The maximum absolute atomic E-state index is 12.5. The second-order valence-corrected chi connectivity index (χ2v) is 12.0. The van der Waals surface area contributed by atoms with Crippen LogP contribution in [0.25, 0.3) is 0 Å². The van der Waals surface area contributed by atoms with E-state index >= 15 is 0 Å². The highest BCUT2D eigenvalue weighted by atomic mass is 79.9. The number of hydrazone groups is 1. The van der Waals surface area contributed by atoms with Crippen LogP contribution in [0.3, 0.4) is 0 Å².